The zero-order chi connectivity index (χ0) is 9.15. The van der Waals surface area contributed by atoms with Crippen LogP contribution in [0.5, 0.6) is 0 Å². The summed E-state index contributed by atoms with van der Waals surface area (Å²) in [7, 11) is 0. The summed E-state index contributed by atoms with van der Waals surface area (Å²) in [6, 6.07) is 3.04. The Labute approximate surface area is 80.3 Å². The number of nitrogens with one attached hydrogen (secondary N) is 1. The van der Waals surface area contributed by atoms with Crippen molar-refractivity contribution in [2.75, 3.05) is 0 Å². The summed E-state index contributed by atoms with van der Waals surface area (Å²) in [5.41, 5.74) is -0.102. The normalized spacial score (nSPS) is 27.6. The van der Waals surface area contributed by atoms with E-state index in [4.69, 9.17) is 5.26 Å². The molecule has 0 aliphatic heterocycles. The molecule has 0 aromatic heterocycles. The van der Waals surface area contributed by atoms with E-state index in [-0.39, 0.29) is 5.54 Å². The van der Waals surface area contributed by atoms with Crippen LogP contribution in [-0.4, -0.2) is 11.6 Å². The molecule has 0 heterocycles. The number of nitrogens with zero attached hydrogens (tertiary/aromatic N) is 1. The molecule has 2 saturated carbocycles. The number of rotatable bonds is 2. The molecule has 0 aromatic rings. The lowest BCUT2D eigenvalue weighted by molar-refractivity contribution is 0.422. The second-order valence-corrected chi connectivity index (χ2v) is 4.53. The van der Waals surface area contributed by atoms with Gasteiger partial charge in [-0.25, -0.2) is 0 Å². The minimum absolute atomic E-state index is 0.102. The smallest absolute Gasteiger partial charge is 0.107 e. The van der Waals surface area contributed by atoms with Gasteiger partial charge in [-0.1, -0.05) is 25.7 Å². The largest absolute Gasteiger partial charge is 0.297 e. The first-order valence-electron chi connectivity index (χ1n) is 5.54. The quantitative estimate of drug-likeness (QED) is 0.659. The van der Waals surface area contributed by atoms with Gasteiger partial charge in [-0.05, 0) is 25.7 Å². The van der Waals surface area contributed by atoms with Gasteiger partial charge >= 0.3 is 0 Å². The maximum absolute atomic E-state index is 8.94. The van der Waals surface area contributed by atoms with Crippen molar-refractivity contribution in [2.24, 2.45) is 0 Å². The van der Waals surface area contributed by atoms with E-state index in [1.807, 2.05) is 0 Å². The third-order valence-corrected chi connectivity index (χ3v) is 3.30. The molecule has 2 nitrogen and oxygen atoms in total. The molecule has 2 rings (SSSR count). The summed E-state index contributed by atoms with van der Waals surface area (Å²) >= 11 is 0. The Kier molecular flexibility index (Phi) is 2.55. The SMILES string of the molecule is N#CC1(NC2CCCCCC2)CC1. The van der Waals surface area contributed by atoms with Gasteiger partial charge in [0.05, 0.1) is 6.07 Å². The van der Waals surface area contributed by atoms with Gasteiger partial charge in [0.15, 0.2) is 0 Å². The van der Waals surface area contributed by atoms with E-state index in [1.165, 1.54) is 38.5 Å². The second-order valence-electron chi connectivity index (χ2n) is 4.53. The fraction of sp³-hybridized carbons (Fsp3) is 0.909. The summed E-state index contributed by atoms with van der Waals surface area (Å²) in [6.45, 7) is 0. The van der Waals surface area contributed by atoms with Crippen molar-refractivity contribution < 1.29 is 0 Å². The van der Waals surface area contributed by atoms with Crippen LogP contribution >= 0.6 is 0 Å². The molecular formula is C11H18N2. The Morgan fingerprint density at radius 2 is 1.69 bits per heavy atom. The van der Waals surface area contributed by atoms with Crippen LogP contribution in [0.15, 0.2) is 0 Å². The van der Waals surface area contributed by atoms with E-state index in [1.54, 1.807) is 0 Å². The average molecular weight is 178 g/mol. The fourth-order valence-corrected chi connectivity index (χ4v) is 2.23. The van der Waals surface area contributed by atoms with E-state index in [9.17, 15) is 0 Å². The van der Waals surface area contributed by atoms with E-state index in [0.29, 0.717) is 6.04 Å². The molecular weight excluding hydrogens is 160 g/mol. The first-order chi connectivity index (χ1) is 6.35. The molecule has 0 radical (unpaired) electrons. The van der Waals surface area contributed by atoms with Crippen LogP contribution in [0, 0.1) is 11.3 Å². The van der Waals surface area contributed by atoms with Crippen LogP contribution in [0.4, 0.5) is 0 Å². The van der Waals surface area contributed by atoms with Crippen LogP contribution in [-0.2, 0) is 0 Å². The minimum Gasteiger partial charge on any atom is -0.297 e. The molecule has 2 aliphatic carbocycles. The van der Waals surface area contributed by atoms with Gasteiger partial charge in [0.1, 0.15) is 5.54 Å². The highest BCUT2D eigenvalue weighted by Gasteiger charge is 2.44. The third kappa shape index (κ3) is 2.22. The summed E-state index contributed by atoms with van der Waals surface area (Å²) in [4.78, 5) is 0. The van der Waals surface area contributed by atoms with E-state index < -0.39 is 0 Å². The van der Waals surface area contributed by atoms with Gasteiger partial charge in [-0.15, -0.1) is 0 Å². The molecule has 2 heteroatoms. The predicted molar refractivity (Wildman–Crippen MR) is 52.2 cm³/mol. The van der Waals surface area contributed by atoms with Gasteiger partial charge in [0.2, 0.25) is 0 Å². The third-order valence-electron chi connectivity index (χ3n) is 3.30. The lowest BCUT2D eigenvalue weighted by Crippen LogP contribution is -2.38. The van der Waals surface area contributed by atoms with Gasteiger partial charge in [0, 0.05) is 6.04 Å². The van der Waals surface area contributed by atoms with Crippen LogP contribution in [0.25, 0.3) is 0 Å². The van der Waals surface area contributed by atoms with Gasteiger partial charge in [-0.2, -0.15) is 5.26 Å². The van der Waals surface area contributed by atoms with E-state index in [2.05, 4.69) is 11.4 Å². The van der Waals surface area contributed by atoms with Crippen molar-refractivity contribution in [1.29, 1.82) is 5.26 Å². The highest BCUT2D eigenvalue weighted by Crippen LogP contribution is 2.36. The molecule has 2 fully saturated rings. The molecule has 0 bridgehead atoms. The summed E-state index contributed by atoms with van der Waals surface area (Å²) in [5.74, 6) is 0. The number of hydrogen-bond donors (Lipinski definition) is 1. The Hall–Kier alpha value is -0.550. The molecule has 0 saturated heterocycles. The molecule has 0 unspecified atom stereocenters. The standard InChI is InChI=1S/C11H18N2/c12-9-11(7-8-11)13-10-5-3-1-2-4-6-10/h10,13H,1-8H2. The Morgan fingerprint density at radius 3 is 2.15 bits per heavy atom. The average Bonchev–Trinajstić information content (AvgIpc) is 2.92. The molecule has 13 heavy (non-hydrogen) atoms. The molecule has 0 atom stereocenters. The Balaban J connectivity index is 1.83. The summed E-state index contributed by atoms with van der Waals surface area (Å²) in [5, 5.41) is 12.5. The molecule has 0 spiro atoms. The summed E-state index contributed by atoms with van der Waals surface area (Å²) < 4.78 is 0. The first-order valence-corrected chi connectivity index (χ1v) is 5.54. The van der Waals surface area contributed by atoms with E-state index >= 15 is 0 Å². The second kappa shape index (κ2) is 3.67. The van der Waals surface area contributed by atoms with Crippen LogP contribution in [0.2, 0.25) is 0 Å². The van der Waals surface area contributed by atoms with Crippen LogP contribution < -0.4 is 5.32 Å². The molecule has 0 amide bonds. The van der Waals surface area contributed by atoms with Crippen molar-refractivity contribution in [1.82, 2.24) is 5.32 Å². The van der Waals surface area contributed by atoms with Crippen molar-refractivity contribution in [2.45, 2.75) is 62.9 Å². The maximum atomic E-state index is 8.94. The van der Waals surface area contributed by atoms with Gasteiger partial charge in [-0.3, -0.25) is 5.32 Å². The van der Waals surface area contributed by atoms with Gasteiger partial charge < -0.3 is 0 Å². The topological polar surface area (TPSA) is 35.8 Å². The molecule has 1 N–H and O–H groups in total. The van der Waals surface area contributed by atoms with Crippen molar-refractivity contribution in [3.05, 3.63) is 0 Å². The molecule has 72 valence electrons. The monoisotopic (exact) mass is 178 g/mol. The highest BCUT2D eigenvalue weighted by atomic mass is 15.0. The zero-order valence-corrected chi connectivity index (χ0v) is 8.18. The fourth-order valence-electron chi connectivity index (χ4n) is 2.23. The first kappa shape index (κ1) is 9.02. The van der Waals surface area contributed by atoms with Crippen molar-refractivity contribution in [3.8, 4) is 6.07 Å². The molecule has 2 aliphatic rings. The predicted octanol–water partition coefficient (Wildman–Crippen LogP) is 2.35. The number of nitriles is 1. The highest BCUT2D eigenvalue weighted by molar-refractivity contribution is 5.19. The Morgan fingerprint density at radius 1 is 1.08 bits per heavy atom. The van der Waals surface area contributed by atoms with Gasteiger partial charge in [0.25, 0.3) is 0 Å². The minimum atomic E-state index is -0.102. The molecule has 0 aromatic carbocycles. The lowest BCUT2D eigenvalue weighted by Gasteiger charge is -2.19. The van der Waals surface area contributed by atoms with Crippen LogP contribution in [0.1, 0.15) is 51.4 Å². The zero-order valence-electron chi connectivity index (χ0n) is 8.18. The van der Waals surface area contributed by atoms with Crippen LogP contribution in [0.3, 0.4) is 0 Å². The number of hydrogen-bond acceptors (Lipinski definition) is 2. The maximum Gasteiger partial charge on any atom is 0.107 e. The lowest BCUT2D eigenvalue weighted by atomic mass is 10.1. The van der Waals surface area contributed by atoms with E-state index in [0.717, 1.165) is 12.8 Å². The summed E-state index contributed by atoms with van der Waals surface area (Å²) in [6.07, 6.45) is 10.2. The van der Waals surface area contributed by atoms with Crippen molar-refractivity contribution >= 4 is 0 Å². The Bertz CT molecular complexity index is 205. The van der Waals surface area contributed by atoms with Crippen molar-refractivity contribution in [3.63, 3.8) is 0 Å².